The van der Waals surface area contributed by atoms with Gasteiger partial charge < -0.3 is 0 Å². The minimum Gasteiger partial charge on any atom is -0.224 e. The van der Waals surface area contributed by atoms with E-state index in [1.807, 2.05) is 6.92 Å². The average Bonchev–Trinajstić information content (AvgIpc) is 2.47. The Balaban J connectivity index is 2.10. The summed E-state index contributed by atoms with van der Waals surface area (Å²) in [5, 5.41) is 3.69. The summed E-state index contributed by atoms with van der Waals surface area (Å²) >= 11 is 0. The molecule has 2 rings (SSSR count). The molecule has 0 saturated carbocycles. The number of nitrogens with zero attached hydrogens (tertiary/aromatic N) is 1. The number of sulfonamides is 1. The average molecular weight is 352 g/mol. The molecule has 23 heavy (non-hydrogen) atoms. The second kappa shape index (κ2) is 6.51. The normalized spacial score (nSPS) is 12.4. The molecule has 0 aliphatic rings. The standard InChI is InChI=1S/C15H16N2O4S2/c1-12-3-7-15(8-4-12)23(20,21)17-16-11-13-5-9-14(10-6-13)22(2,18)19/h3-11,17H,1-2H3/b16-11+. The van der Waals surface area contributed by atoms with Crippen LogP contribution >= 0.6 is 0 Å². The van der Waals surface area contributed by atoms with Crippen LogP contribution in [0.25, 0.3) is 0 Å². The lowest BCUT2D eigenvalue weighted by Gasteiger charge is -2.03. The number of hydrazone groups is 1. The summed E-state index contributed by atoms with van der Waals surface area (Å²) in [6.07, 6.45) is 2.42. The Morgan fingerprint density at radius 2 is 1.39 bits per heavy atom. The van der Waals surface area contributed by atoms with Crippen molar-refractivity contribution in [3.63, 3.8) is 0 Å². The van der Waals surface area contributed by atoms with E-state index in [4.69, 9.17) is 0 Å². The van der Waals surface area contributed by atoms with Crippen LogP contribution in [-0.4, -0.2) is 29.3 Å². The number of nitrogens with one attached hydrogen (secondary N) is 1. The summed E-state index contributed by atoms with van der Waals surface area (Å²) in [6.45, 7) is 1.86. The van der Waals surface area contributed by atoms with Crippen molar-refractivity contribution < 1.29 is 16.8 Å². The van der Waals surface area contributed by atoms with Crippen molar-refractivity contribution in [2.75, 3.05) is 6.26 Å². The van der Waals surface area contributed by atoms with Gasteiger partial charge in [0.25, 0.3) is 10.0 Å². The van der Waals surface area contributed by atoms with Gasteiger partial charge in [0.2, 0.25) is 0 Å². The van der Waals surface area contributed by atoms with Crippen molar-refractivity contribution in [2.24, 2.45) is 5.10 Å². The topological polar surface area (TPSA) is 92.7 Å². The zero-order valence-corrected chi connectivity index (χ0v) is 14.2. The molecule has 6 nitrogen and oxygen atoms in total. The predicted octanol–water partition coefficient (Wildman–Crippen LogP) is 1.71. The summed E-state index contributed by atoms with van der Waals surface area (Å²) in [5.41, 5.74) is 1.53. The number of benzene rings is 2. The van der Waals surface area contributed by atoms with Crippen molar-refractivity contribution in [3.05, 3.63) is 59.7 Å². The van der Waals surface area contributed by atoms with E-state index in [2.05, 4.69) is 9.93 Å². The second-order valence-electron chi connectivity index (χ2n) is 5.01. The number of aryl methyl sites for hydroxylation is 1. The molecule has 0 spiro atoms. The summed E-state index contributed by atoms with van der Waals surface area (Å²) in [6, 6.07) is 12.3. The van der Waals surface area contributed by atoms with E-state index in [0.29, 0.717) is 5.56 Å². The first-order valence-electron chi connectivity index (χ1n) is 6.60. The molecule has 2 aromatic rings. The van der Waals surface area contributed by atoms with Crippen molar-refractivity contribution >= 4 is 26.1 Å². The molecule has 0 heterocycles. The van der Waals surface area contributed by atoms with E-state index in [1.165, 1.54) is 30.5 Å². The van der Waals surface area contributed by atoms with Crippen LogP contribution in [0.3, 0.4) is 0 Å². The van der Waals surface area contributed by atoms with E-state index >= 15 is 0 Å². The SMILES string of the molecule is Cc1ccc(S(=O)(=O)N/N=C/c2ccc(S(C)(=O)=O)cc2)cc1. The lowest BCUT2D eigenvalue weighted by molar-refractivity contribution is 0.584. The van der Waals surface area contributed by atoms with Crippen LogP contribution in [0.15, 0.2) is 63.4 Å². The van der Waals surface area contributed by atoms with Gasteiger partial charge in [-0.25, -0.2) is 13.2 Å². The van der Waals surface area contributed by atoms with Crippen LogP contribution in [0, 0.1) is 6.92 Å². The summed E-state index contributed by atoms with van der Waals surface area (Å²) < 4.78 is 46.7. The van der Waals surface area contributed by atoms with Crippen LogP contribution in [0.5, 0.6) is 0 Å². The zero-order valence-electron chi connectivity index (χ0n) is 12.6. The molecule has 0 bridgehead atoms. The number of rotatable bonds is 5. The molecule has 0 saturated heterocycles. The summed E-state index contributed by atoms with van der Waals surface area (Å²) in [5.74, 6) is 0. The largest absolute Gasteiger partial charge is 0.276 e. The van der Waals surface area contributed by atoms with Gasteiger partial charge in [-0.15, -0.1) is 0 Å². The van der Waals surface area contributed by atoms with E-state index < -0.39 is 19.9 Å². The zero-order chi connectivity index (χ0) is 17.1. The molecule has 0 aromatic heterocycles. The van der Waals surface area contributed by atoms with Gasteiger partial charge in [0.15, 0.2) is 9.84 Å². The molecule has 0 radical (unpaired) electrons. The second-order valence-corrected chi connectivity index (χ2v) is 8.68. The van der Waals surface area contributed by atoms with Crippen LogP contribution in [0.1, 0.15) is 11.1 Å². The highest BCUT2D eigenvalue weighted by Crippen LogP contribution is 2.11. The Hall–Kier alpha value is -2.19. The molecule has 8 heteroatoms. The molecule has 0 aliphatic heterocycles. The van der Waals surface area contributed by atoms with Crippen LogP contribution in [0.4, 0.5) is 0 Å². The summed E-state index contributed by atoms with van der Waals surface area (Å²) in [4.78, 5) is 2.42. The fourth-order valence-corrected chi connectivity index (χ4v) is 3.16. The van der Waals surface area contributed by atoms with Crippen LogP contribution in [-0.2, 0) is 19.9 Å². The monoisotopic (exact) mass is 352 g/mol. The highest BCUT2D eigenvalue weighted by atomic mass is 32.2. The Morgan fingerprint density at radius 1 is 0.870 bits per heavy atom. The summed E-state index contributed by atoms with van der Waals surface area (Å²) in [7, 11) is -6.98. The molecule has 122 valence electrons. The number of sulfone groups is 1. The molecule has 0 atom stereocenters. The minimum absolute atomic E-state index is 0.118. The van der Waals surface area contributed by atoms with E-state index in [0.717, 1.165) is 11.8 Å². The Bertz CT molecular complexity index is 914. The lowest BCUT2D eigenvalue weighted by Crippen LogP contribution is -2.18. The first kappa shape index (κ1) is 17.2. The maximum Gasteiger partial charge on any atom is 0.276 e. The Labute approximate surface area is 135 Å². The van der Waals surface area contributed by atoms with E-state index in [9.17, 15) is 16.8 Å². The molecular weight excluding hydrogens is 336 g/mol. The fraction of sp³-hybridized carbons (Fsp3) is 0.133. The third-order valence-corrected chi connectivity index (χ3v) is 5.39. The first-order valence-corrected chi connectivity index (χ1v) is 9.98. The van der Waals surface area contributed by atoms with Crippen LogP contribution in [0.2, 0.25) is 0 Å². The van der Waals surface area contributed by atoms with Crippen LogP contribution < -0.4 is 4.83 Å². The third kappa shape index (κ3) is 4.64. The van der Waals surface area contributed by atoms with Gasteiger partial charge in [-0.3, -0.25) is 0 Å². The predicted molar refractivity (Wildman–Crippen MR) is 88.6 cm³/mol. The third-order valence-electron chi connectivity index (χ3n) is 3.03. The maximum absolute atomic E-state index is 12.0. The Kier molecular flexibility index (Phi) is 4.86. The lowest BCUT2D eigenvalue weighted by atomic mass is 10.2. The van der Waals surface area contributed by atoms with E-state index in [-0.39, 0.29) is 9.79 Å². The van der Waals surface area contributed by atoms with Crippen molar-refractivity contribution in [1.82, 2.24) is 4.83 Å². The van der Waals surface area contributed by atoms with Gasteiger partial charge in [-0.05, 0) is 36.8 Å². The number of hydrogen-bond donors (Lipinski definition) is 1. The molecule has 0 fully saturated rings. The minimum atomic E-state index is -3.72. The van der Waals surface area contributed by atoms with Gasteiger partial charge in [-0.2, -0.15) is 13.5 Å². The van der Waals surface area contributed by atoms with Gasteiger partial charge in [-0.1, -0.05) is 29.8 Å². The quantitative estimate of drug-likeness (QED) is 0.655. The first-order chi connectivity index (χ1) is 10.7. The van der Waals surface area contributed by atoms with Crippen molar-refractivity contribution in [3.8, 4) is 0 Å². The molecule has 1 N–H and O–H groups in total. The molecular formula is C15H16N2O4S2. The smallest absolute Gasteiger partial charge is 0.224 e. The van der Waals surface area contributed by atoms with Crippen molar-refractivity contribution in [1.29, 1.82) is 0 Å². The Morgan fingerprint density at radius 3 is 1.91 bits per heavy atom. The van der Waals surface area contributed by atoms with E-state index in [1.54, 1.807) is 24.3 Å². The number of hydrogen-bond acceptors (Lipinski definition) is 5. The van der Waals surface area contributed by atoms with Gasteiger partial charge in [0.05, 0.1) is 16.0 Å². The molecule has 2 aromatic carbocycles. The van der Waals surface area contributed by atoms with Gasteiger partial charge >= 0.3 is 0 Å². The molecule has 0 amide bonds. The maximum atomic E-state index is 12.0. The fourth-order valence-electron chi connectivity index (χ4n) is 1.74. The van der Waals surface area contributed by atoms with Gasteiger partial charge in [0, 0.05) is 6.26 Å². The highest BCUT2D eigenvalue weighted by molar-refractivity contribution is 7.90. The molecule has 0 unspecified atom stereocenters. The van der Waals surface area contributed by atoms with Gasteiger partial charge in [0.1, 0.15) is 0 Å². The highest BCUT2D eigenvalue weighted by Gasteiger charge is 2.11. The van der Waals surface area contributed by atoms with Crippen molar-refractivity contribution in [2.45, 2.75) is 16.7 Å². The molecule has 0 aliphatic carbocycles.